The number of hydrogen-bond donors (Lipinski definition) is 0. The number of benzene rings is 4. The average Bonchev–Trinajstić information content (AvgIpc) is 3.64. The molecular weight excluding hydrogens is 818 g/mol. The summed E-state index contributed by atoms with van der Waals surface area (Å²) >= 11 is 7.15. The third kappa shape index (κ3) is 4.94. The van der Waals surface area contributed by atoms with E-state index >= 15 is 13.2 Å². The zero-order valence-corrected chi connectivity index (χ0v) is 32.5. The number of anilines is 2. The molecule has 4 heterocycles. The van der Waals surface area contributed by atoms with Crippen molar-refractivity contribution in [3.63, 3.8) is 0 Å². The molecule has 0 aliphatic carbocycles. The minimum Gasteiger partial charge on any atom is -0.355 e. The molecule has 1 spiro atoms. The molecule has 13 heteroatoms. The number of nitrogens with zero attached hydrogens (tertiary/aromatic N) is 3. The SMILES string of the molecule is CN1C(=O)[C@@H](C2=C3[C@@H](S(=O)(=O)c4ccccc4)[C@H](CS(=O)(=O)c4ccccc4)[C@]4(C(=O)N(C)c5ccc(Br)cc54)N3CCC2)c2cc(Br)ccc21. The summed E-state index contributed by atoms with van der Waals surface area (Å²) in [4.78, 5) is 34.4. The molecular formula is C38H33Br2N3O6S2. The number of rotatable bonds is 6. The second-order valence-electron chi connectivity index (χ2n) is 13.5. The Morgan fingerprint density at radius 3 is 2.04 bits per heavy atom. The van der Waals surface area contributed by atoms with Crippen LogP contribution in [-0.2, 0) is 34.8 Å². The van der Waals surface area contributed by atoms with Gasteiger partial charge in [0.05, 0.1) is 21.5 Å². The van der Waals surface area contributed by atoms with Crippen molar-refractivity contribution in [2.45, 2.75) is 39.3 Å². The van der Waals surface area contributed by atoms with Gasteiger partial charge in [-0.15, -0.1) is 0 Å². The quantitative estimate of drug-likeness (QED) is 0.220. The van der Waals surface area contributed by atoms with E-state index in [0.717, 1.165) is 10.0 Å². The lowest BCUT2D eigenvalue weighted by atomic mass is 9.80. The molecule has 0 aromatic heterocycles. The lowest BCUT2D eigenvalue weighted by molar-refractivity contribution is -0.129. The number of amides is 2. The van der Waals surface area contributed by atoms with Crippen molar-refractivity contribution in [2.75, 3.05) is 36.2 Å². The Balaban J connectivity index is 1.49. The molecule has 4 aromatic carbocycles. The molecule has 1 saturated heterocycles. The highest BCUT2D eigenvalue weighted by molar-refractivity contribution is 9.10. The number of sulfone groups is 2. The standard InChI is InChI=1S/C38H33Br2N3O6S2/c1-41-31-17-15-23(39)20-28(31)33(36(41)44)27-14-9-19-43-34(27)35(51(48,49)26-12-7-4-8-13-26)30(22-50(46,47)25-10-5-3-6-11-25)38(43)29-21-24(40)16-18-32(29)42(2)37(38)45/h3-8,10-13,15-18,20-21,30,33,35H,9,14,19,22H2,1-2H3/t30-,33-,35-,38+/m0/s1. The van der Waals surface area contributed by atoms with Crippen molar-refractivity contribution >= 4 is 74.7 Å². The topological polar surface area (TPSA) is 112 Å². The van der Waals surface area contributed by atoms with Crippen LogP contribution >= 0.6 is 31.9 Å². The summed E-state index contributed by atoms with van der Waals surface area (Å²) in [6.45, 7) is 0.287. The number of carbonyl (C=O) groups excluding carboxylic acids is 2. The summed E-state index contributed by atoms with van der Waals surface area (Å²) in [7, 11) is -5.21. The smallest absolute Gasteiger partial charge is 0.257 e. The maximum atomic E-state index is 15.3. The van der Waals surface area contributed by atoms with Crippen LogP contribution in [-0.4, -0.2) is 65.2 Å². The highest BCUT2D eigenvalue weighted by Crippen LogP contribution is 2.62. The van der Waals surface area contributed by atoms with Gasteiger partial charge in [-0.1, -0.05) is 68.3 Å². The first-order valence-electron chi connectivity index (χ1n) is 16.5. The van der Waals surface area contributed by atoms with Gasteiger partial charge >= 0.3 is 0 Å². The number of carbonyl (C=O) groups is 2. The van der Waals surface area contributed by atoms with E-state index in [1.807, 2.05) is 35.2 Å². The van der Waals surface area contributed by atoms with Crippen LogP contribution in [0.1, 0.15) is 29.9 Å². The lowest BCUT2D eigenvalue weighted by Gasteiger charge is -2.42. The summed E-state index contributed by atoms with van der Waals surface area (Å²) in [5.41, 5.74) is 1.76. The van der Waals surface area contributed by atoms with E-state index in [0.29, 0.717) is 45.5 Å². The summed E-state index contributed by atoms with van der Waals surface area (Å²) in [6.07, 6.45) is 0.917. The molecule has 8 rings (SSSR count). The summed E-state index contributed by atoms with van der Waals surface area (Å²) in [5, 5.41) is -1.48. The molecule has 51 heavy (non-hydrogen) atoms. The number of hydrogen-bond acceptors (Lipinski definition) is 7. The van der Waals surface area contributed by atoms with Gasteiger partial charge in [-0.3, -0.25) is 9.59 Å². The van der Waals surface area contributed by atoms with Crippen molar-refractivity contribution in [1.82, 2.24) is 4.90 Å². The van der Waals surface area contributed by atoms with E-state index < -0.39 is 54.0 Å². The van der Waals surface area contributed by atoms with Crippen molar-refractivity contribution in [3.05, 3.63) is 128 Å². The van der Waals surface area contributed by atoms with Crippen LogP contribution in [0.4, 0.5) is 11.4 Å². The zero-order chi connectivity index (χ0) is 36.0. The molecule has 0 unspecified atom stereocenters. The molecule has 1 fully saturated rings. The van der Waals surface area contributed by atoms with Crippen molar-refractivity contribution in [2.24, 2.45) is 5.92 Å². The molecule has 0 radical (unpaired) electrons. The van der Waals surface area contributed by atoms with E-state index in [-0.39, 0.29) is 22.2 Å². The first-order valence-corrected chi connectivity index (χ1v) is 21.3. The van der Waals surface area contributed by atoms with Gasteiger partial charge in [0.15, 0.2) is 25.2 Å². The largest absolute Gasteiger partial charge is 0.355 e. The van der Waals surface area contributed by atoms with E-state index in [1.54, 1.807) is 61.5 Å². The maximum Gasteiger partial charge on any atom is 0.257 e. The second-order valence-corrected chi connectivity index (χ2v) is 19.4. The van der Waals surface area contributed by atoms with Gasteiger partial charge < -0.3 is 14.7 Å². The van der Waals surface area contributed by atoms with E-state index in [2.05, 4.69) is 31.9 Å². The van der Waals surface area contributed by atoms with Crippen LogP contribution in [0.15, 0.2) is 127 Å². The minimum absolute atomic E-state index is 0.0119. The highest BCUT2D eigenvalue weighted by atomic mass is 79.9. The molecule has 0 N–H and O–H groups in total. The van der Waals surface area contributed by atoms with Gasteiger partial charge in [0, 0.05) is 58.1 Å². The molecule has 4 aliphatic heterocycles. The van der Waals surface area contributed by atoms with Crippen LogP contribution < -0.4 is 9.80 Å². The van der Waals surface area contributed by atoms with Crippen molar-refractivity contribution in [3.8, 4) is 0 Å². The second kappa shape index (κ2) is 12.1. The molecule has 0 saturated carbocycles. The number of likely N-dealkylation sites (N-methyl/N-ethyl adjacent to an activating group) is 2. The van der Waals surface area contributed by atoms with Gasteiger partial charge in [-0.25, -0.2) is 16.8 Å². The number of fused-ring (bicyclic) bond motifs is 5. The highest BCUT2D eigenvalue weighted by Gasteiger charge is 2.70. The zero-order valence-electron chi connectivity index (χ0n) is 27.7. The molecule has 0 bridgehead atoms. The van der Waals surface area contributed by atoms with Gasteiger partial charge in [0.2, 0.25) is 5.91 Å². The fourth-order valence-electron chi connectivity index (χ4n) is 8.79. The van der Waals surface area contributed by atoms with Gasteiger partial charge in [-0.2, -0.15) is 0 Å². The minimum atomic E-state index is -4.39. The van der Waals surface area contributed by atoms with Crippen molar-refractivity contribution < 1.29 is 26.4 Å². The molecule has 262 valence electrons. The summed E-state index contributed by atoms with van der Waals surface area (Å²) in [5.74, 6) is -3.38. The molecule has 4 atom stereocenters. The third-order valence-electron chi connectivity index (χ3n) is 10.9. The third-order valence-corrected chi connectivity index (χ3v) is 15.8. The van der Waals surface area contributed by atoms with Crippen LogP contribution in [0.5, 0.6) is 0 Å². The van der Waals surface area contributed by atoms with Crippen LogP contribution in [0.25, 0.3) is 0 Å². The van der Waals surface area contributed by atoms with Crippen molar-refractivity contribution in [1.29, 1.82) is 0 Å². The molecule has 2 amide bonds. The fraction of sp³-hybridized carbons (Fsp3) is 0.263. The first kappa shape index (κ1) is 34.3. The van der Waals surface area contributed by atoms with Crippen LogP contribution in [0.3, 0.4) is 0 Å². The molecule has 9 nitrogen and oxygen atoms in total. The van der Waals surface area contributed by atoms with E-state index in [1.165, 1.54) is 29.2 Å². The Labute approximate surface area is 314 Å². The van der Waals surface area contributed by atoms with Crippen LogP contribution in [0, 0.1) is 5.92 Å². The van der Waals surface area contributed by atoms with Gasteiger partial charge in [0.1, 0.15) is 5.25 Å². The van der Waals surface area contributed by atoms with Crippen LogP contribution in [0.2, 0.25) is 0 Å². The summed E-state index contributed by atoms with van der Waals surface area (Å²) in [6, 6.07) is 26.9. The van der Waals surface area contributed by atoms with E-state index in [4.69, 9.17) is 0 Å². The van der Waals surface area contributed by atoms with Gasteiger partial charge in [-0.05, 0) is 84.6 Å². The normalized spacial score (nSPS) is 24.4. The lowest BCUT2D eigenvalue weighted by Crippen LogP contribution is -2.55. The number of halogens is 2. The maximum absolute atomic E-state index is 15.3. The summed E-state index contributed by atoms with van der Waals surface area (Å²) < 4.78 is 61.1. The first-order chi connectivity index (χ1) is 24.3. The Kier molecular flexibility index (Phi) is 8.17. The van der Waals surface area contributed by atoms with Gasteiger partial charge in [0.25, 0.3) is 5.91 Å². The Hall–Kier alpha value is -3.78. The predicted molar refractivity (Wildman–Crippen MR) is 202 cm³/mol. The molecule has 4 aliphatic rings. The predicted octanol–water partition coefficient (Wildman–Crippen LogP) is 6.44. The Bertz CT molecular complexity index is 2390. The Morgan fingerprint density at radius 2 is 1.37 bits per heavy atom. The fourth-order valence-corrected chi connectivity index (χ4v) is 13.5. The average molecular weight is 852 g/mol. The Morgan fingerprint density at radius 1 is 0.765 bits per heavy atom. The molecule has 4 aromatic rings. The monoisotopic (exact) mass is 849 g/mol. The van der Waals surface area contributed by atoms with E-state index in [9.17, 15) is 13.2 Å².